The molecule has 1 aromatic rings. The van der Waals surface area contributed by atoms with E-state index in [9.17, 15) is 0 Å². The van der Waals surface area contributed by atoms with Crippen LogP contribution in [0.4, 0.5) is 0 Å². The predicted molar refractivity (Wildman–Crippen MR) is 88.7 cm³/mol. The van der Waals surface area contributed by atoms with Crippen LogP contribution in [0.5, 0.6) is 0 Å². The first-order chi connectivity index (χ1) is 9.46. The van der Waals surface area contributed by atoms with E-state index in [2.05, 4.69) is 76.7 Å². The SMILES string of the molecule is COC(C)(C)C[C@@H](C)N[C@H](C)c1cn(C(C)(C)C)nc1C. The van der Waals surface area contributed by atoms with Crippen LogP contribution in [0.15, 0.2) is 6.20 Å². The first-order valence-corrected chi connectivity index (χ1v) is 7.84. The summed E-state index contributed by atoms with van der Waals surface area (Å²) in [6.45, 7) is 17.3. The number of rotatable bonds is 6. The quantitative estimate of drug-likeness (QED) is 0.867. The normalized spacial score (nSPS) is 16.0. The molecule has 0 saturated carbocycles. The molecule has 1 aromatic heterocycles. The molecule has 4 nitrogen and oxygen atoms in total. The van der Waals surface area contributed by atoms with E-state index in [-0.39, 0.29) is 17.2 Å². The molecule has 4 heteroatoms. The van der Waals surface area contributed by atoms with Crippen molar-refractivity contribution in [2.75, 3.05) is 7.11 Å². The molecule has 0 spiro atoms. The van der Waals surface area contributed by atoms with Gasteiger partial charge in [0, 0.05) is 31.0 Å². The molecule has 2 atom stereocenters. The number of methoxy groups -OCH3 is 1. The van der Waals surface area contributed by atoms with Gasteiger partial charge in [-0.15, -0.1) is 0 Å². The van der Waals surface area contributed by atoms with Gasteiger partial charge in [0.15, 0.2) is 0 Å². The summed E-state index contributed by atoms with van der Waals surface area (Å²) in [6.07, 6.45) is 3.14. The number of aryl methyl sites for hydroxylation is 1. The zero-order valence-corrected chi connectivity index (χ0v) is 15.2. The zero-order chi connectivity index (χ0) is 16.4. The van der Waals surface area contributed by atoms with Crippen LogP contribution in [-0.2, 0) is 10.3 Å². The third kappa shape index (κ3) is 5.11. The standard InChI is InChI=1S/C17H33N3O/c1-12(10-17(7,8)21-9)18-13(2)15-11-20(16(4,5)6)19-14(15)3/h11-13,18H,10H2,1-9H3/t12-,13-/m1/s1. The Labute approximate surface area is 130 Å². The maximum Gasteiger partial charge on any atom is 0.0641 e. The van der Waals surface area contributed by atoms with Crippen molar-refractivity contribution in [3.8, 4) is 0 Å². The van der Waals surface area contributed by atoms with Gasteiger partial charge in [-0.3, -0.25) is 4.68 Å². The highest BCUT2D eigenvalue weighted by Gasteiger charge is 2.23. The molecule has 122 valence electrons. The second-order valence-corrected chi connectivity index (χ2v) is 7.74. The summed E-state index contributed by atoms with van der Waals surface area (Å²) in [5.41, 5.74) is 2.29. The third-order valence-corrected chi connectivity index (χ3v) is 3.98. The van der Waals surface area contributed by atoms with Gasteiger partial charge in [0.25, 0.3) is 0 Å². The fourth-order valence-corrected chi connectivity index (χ4v) is 2.64. The Morgan fingerprint density at radius 1 is 1.24 bits per heavy atom. The average molecular weight is 295 g/mol. The summed E-state index contributed by atoms with van der Waals surface area (Å²) in [5, 5.41) is 8.31. The van der Waals surface area contributed by atoms with Crippen LogP contribution in [0.1, 0.15) is 72.2 Å². The molecule has 0 aliphatic heterocycles. The van der Waals surface area contributed by atoms with Crippen molar-refractivity contribution in [3.05, 3.63) is 17.5 Å². The van der Waals surface area contributed by atoms with Gasteiger partial charge in [0.1, 0.15) is 0 Å². The van der Waals surface area contributed by atoms with E-state index >= 15 is 0 Å². The minimum absolute atomic E-state index is 0.0202. The van der Waals surface area contributed by atoms with Crippen molar-refractivity contribution >= 4 is 0 Å². The molecule has 0 fully saturated rings. The van der Waals surface area contributed by atoms with Gasteiger partial charge in [0.05, 0.1) is 16.8 Å². The minimum atomic E-state index is -0.100. The van der Waals surface area contributed by atoms with Crippen LogP contribution < -0.4 is 5.32 Å². The zero-order valence-electron chi connectivity index (χ0n) is 15.2. The number of ether oxygens (including phenoxy) is 1. The molecule has 0 aliphatic rings. The molecule has 0 unspecified atom stereocenters. The summed E-state index contributed by atoms with van der Waals surface area (Å²) in [5.74, 6) is 0. The lowest BCUT2D eigenvalue weighted by molar-refractivity contribution is 0.00782. The van der Waals surface area contributed by atoms with Gasteiger partial charge >= 0.3 is 0 Å². The molecular weight excluding hydrogens is 262 g/mol. The van der Waals surface area contributed by atoms with Gasteiger partial charge in [-0.2, -0.15) is 5.10 Å². The molecule has 1 rings (SSSR count). The molecule has 0 radical (unpaired) electrons. The summed E-state index contributed by atoms with van der Waals surface area (Å²) < 4.78 is 7.57. The van der Waals surface area contributed by atoms with E-state index in [1.165, 1.54) is 5.56 Å². The van der Waals surface area contributed by atoms with E-state index in [4.69, 9.17) is 4.74 Å². The Morgan fingerprint density at radius 3 is 2.24 bits per heavy atom. The summed E-state index contributed by atoms with van der Waals surface area (Å²) >= 11 is 0. The highest BCUT2D eigenvalue weighted by Crippen LogP contribution is 2.23. The van der Waals surface area contributed by atoms with Crippen molar-refractivity contribution < 1.29 is 4.74 Å². The highest BCUT2D eigenvalue weighted by atomic mass is 16.5. The molecule has 0 amide bonds. The number of hydrogen-bond acceptors (Lipinski definition) is 3. The lowest BCUT2D eigenvalue weighted by Crippen LogP contribution is -2.37. The fraction of sp³-hybridized carbons (Fsp3) is 0.824. The monoisotopic (exact) mass is 295 g/mol. The lowest BCUT2D eigenvalue weighted by atomic mass is 9.98. The van der Waals surface area contributed by atoms with Crippen LogP contribution >= 0.6 is 0 Å². The molecule has 21 heavy (non-hydrogen) atoms. The van der Waals surface area contributed by atoms with Crippen molar-refractivity contribution in [2.24, 2.45) is 0 Å². The van der Waals surface area contributed by atoms with Gasteiger partial charge in [0.2, 0.25) is 0 Å². The molecule has 0 bridgehead atoms. The topological polar surface area (TPSA) is 39.1 Å². The Hall–Kier alpha value is -0.870. The molecule has 0 aliphatic carbocycles. The van der Waals surface area contributed by atoms with Crippen LogP contribution in [0.25, 0.3) is 0 Å². The van der Waals surface area contributed by atoms with E-state index < -0.39 is 0 Å². The Bertz CT molecular complexity index is 457. The Balaban J connectivity index is 2.76. The van der Waals surface area contributed by atoms with Crippen molar-refractivity contribution in [2.45, 2.75) is 85.0 Å². The van der Waals surface area contributed by atoms with E-state index in [1.807, 2.05) is 0 Å². The first-order valence-electron chi connectivity index (χ1n) is 7.84. The van der Waals surface area contributed by atoms with E-state index in [0.717, 1.165) is 12.1 Å². The number of nitrogens with one attached hydrogen (secondary N) is 1. The van der Waals surface area contributed by atoms with Gasteiger partial charge in [-0.05, 0) is 61.8 Å². The van der Waals surface area contributed by atoms with Gasteiger partial charge < -0.3 is 10.1 Å². The fourth-order valence-electron chi connectivity index (χ4n) is 2.64. The predicted octanol–water partition coefficient (Wildman–Crippen LogP) is 3.80. The summed E-state index contributed by atoms with van der Waals surface area (Å²) in [6, 6.07) is 0.663. The first kappa shape index (κ1) is 18.2. The van der Waals surface area contributed by atoms with Crippen LogP contribution in [0.2, 0.25) is 0 Å². The van der Waals surface area contributed by atoms with Crippen molar-refractivity contribution in [1.82, 2.24) is 15.1 Å². The molecule has 1 N–H and O–H groups in total. The molecule has 0 saturated heterocycles. The summed E-state index contributed by atoms with van der Waals surface area (Å²) in [4.78, 5) is 0. The Morgan fingerprint density at radius 2 is 1.81 bits per heavy atom. The molecule has 0 aromatic carbocycles. The van der Waals surface area contributed by atoms with Crippen LogP contribution in [0, 0.1) is 6.92 Å². The van der Waals surface area contributed by atoms with Crippen molar-refractivity contribution in [3.63, 3.8) is 0 Å². The maximum absolute atomic E-state index is 5.51. The second kappa shape index (κ2) is 6.49. The second-order valence-electron chi connectivity index (χ2n) is 7.74. The van der Waals surface area contributed by atoms with E-state index in [0.29, 0.717) is 6.04 Å². The Kier molecular flexibility index (Phi) is 5.62. The lowest BCUT2D eigenvalue weighted by Gasteiger charge is -2.29. The average Bonchev–Trinajstić information content (AvgIpc) is 2.70. The van der Waals surface area contributed by atoms with Crippen LogP contribution in [0.3, 0.4) is 0 Å². The van der Waals surface area contributed by atoms with E-state index in [1.54, 1.807) is 7.11 Å². The van der Waals surface area contributed by atoms with Gasteiger partial charge in [-0.25, -0.2) is 0 Å². The number of aromatic nitrogens is 2. The largest absolute Gasteiger partial charge is 0.379 e. The van der Waals surface area contributed by atoms with Gasteiger partial charge in [-0.1, -0.05) is 0 Å². The smallest absolute Gasteiger partial charge is 0.0641 e. The maximum atomic E-state index is 5.51. The molecule has 1 heterocycles. The number of nitrogens with zero attached hydrogens (tertiary/aromatic N) is 2. The highest BCUT2D eigenvalue weighted by molar-refractivity contribution is 5.20. The number of hydrogen-bond donors (Lipinski definition) is 1. The van der Waals surface area contributed by atoms with Crippen molar-refractivity contribution in [1.29, 1.82) is 0 Å². The third-order valence-electron chi connectivity index (χ3n) is 3.98. The minimum Gasteiger partial charge on any atom is -0.379 e. The van der Waals surface area contributed by atoms with Crippen LogP contribution in [-0.4, -0.2) is 28.5 Å². The summed E-state index contributed by atoms with van der Waals surface area (Å²) in [7, 11) is 1.77. The molecular formula is C17H33N3O.